The van der Waals surface area contributed by atoms with E-state index in [0.717, 1.165) is 64.6 Å². The van der Waals surface area contributed by atoms with Crippen LogP contribution in [0.1, 0.15) is 34.9 Å². The van der Waals surface area contributed by atoms with Gasteiger partial charge in [-0.25, -0.2) is 0 Å². The van der Waals surface area contributed by atoms with Gasteiger partial charge in [0.05, 0.1) is 35.3 Å². The van der Waals surface area contributed by atoms with Gasteiger partial charge in [0.1, 0.15) is 0 Å². The van der Waals surface area contributed by atoms with Gasteiger partial charge in [-0.3, -0.25) is 19.4 Å². The van der Waals surface area contributed by atoms with Gasteiger partial charge in [0.15, 0.2) is 5.78 Å². The van der Waals surface area contributed by atoms with Crippen molar-refractivity contribution < 1.29 is 4.79 Å². The molecular weight excluding hydrogens is 424 g/mol. The number of rotatable bonds is 5. The van der Waals surface area contributed by atoms with E-state index in [2.05, 4.69) is 56.3 Å². The minimum atomic E-state index is 0.0450. The van der Waals surface area contributed by atoms with Crippen LogP contribution >= 0.6 is 0 Å². The zero-order valence-electron chi connectivity index (χ0n) is 19.1. The summed E-state index contributed by atoms with van der Waals surface area (Å²) in [5, 5.41) is 6.59. The maximum Gasteiger partial charge on any atom is 0.171 e. The van der Waals surface area contributed by atoms with Crippen molar-refractivity contribution >= 4 is 27.6 Å². The molecule has 7 heteroatoms. The Morgan fingerprint density at radius 2 is 1.88 bits per heavy atom. The number of pyridine rings is 2. The highest BCUT2D eigenvalue weighted by molar-refractivity contribution is 5.97. The first kappa shape index (κ1) is 20.7. The van der Waals surface area contributed by atoms with E-state index in [1.54, 1.807) is 6.20 Å². The van der Waals surface area contributed by atoms with Crippen LogP contribution in [0.2, 0.25) is 0 Å². The molecule has 0 atom stereocenters. The summed E-state index contributed by atoms with van der Waals surface area (Å²) in [6.45, 7) is 2.12. The SMILES string of the molecule is CN1CCC(n2cc(C(=O)Cc3cc4cc(-c5cnc6cc[nH]c6c5)ccc4cn3)cn2)CC1. The average Bonchev–Trinajstić information content (AvgIpc) is 3.54. The molecule has 1 aliphatic rings. The Hall–Kier alpha value is -3.84. The third-order valence-corrected chi connectivity index (χ3v) is 6.84. The molecule has 0 radical (unpaired) electrons. The number of H-pyrrole nitrogens is 1. The number of fused-ring (bicyclic) bond motifs is 2. The molecule has 5 aromatic rings. The lowest BCUT2D eigenvalue weighted by Crippen LogP contribution is -2.31. The number of likely N-dealkylation sites (tertiary alicyclic amines) is 1. The zero-order chi connectivity index (χ0) is 23.1. The zero-order valence-corrected chi connectivity index (χ0v) is 19.1. The highest BCUT2D eigenvalue weighted by Crippen LogP contribution is 2.27. The molecule has 4 aromatic heterocycles. The highest BCUT2D eigenvalue weighted by atomic mass is 16.1. The monoisotopic (exact) mass is 450 g/mol. The first-order valence-corrected chi connectivity index (χ1v) is 11.7. The molecule has 1 N–H and O–H groups in total. The quantitative estimate of drug-likeness (QED) is 0.394. The van der Waals surface area contributed by atoms with Gasteiger partial charge in [0.25, 0.3) is 0 Å². The van der Waals surface area contributed by atoms with Gasteiger partial charge >= 0.3 is 0 Å². The Balaban J connectivity index is 1.22. The van der Waals surface area contributed by atoms with Crippen LogP contribution in [0.15, 0.2) is 67.4 Å². The molecule has 7 nitrogen and oxygen atoms in total. The van der Waals surface area contributed by atoms with Crippen LogP contribution in [0.3, 0.4) is 0 Å². The number of ketones is 1. The normalized spacial score (nSPS) is 15.3. The Morgan fingerprint density at radius 1 is 1.00 bits per heavy atom. The topological polar surface area (TPSA) is 79.7 Å². The van der Waals surface area contributed by atoms with Crippen molar-refractivity contribution in [3.05, 3.63) is 78.6 Å². The summed E-state index contributed by atoms with van der Waals surface area (Å²) in [6.07, 6.45) is 11.6. The fraction of sp³-hybridized carbons (Fsp3) is 0.259. The first-order valence-electron chi connectivity index (χ1n) is 11.7. The summed E-state index contributed by atoms with van der Waals surface area (Å²) in [6, 6.07) is 12.7. The third-order valence-electron chi connectivity index (χ3n) is 6.84. The van der Waals surface area contributed by atoms with E-state index in [9.17, 15) is 4.79 Å². The van der Waals surface area contributed by atoms with Gasteiger partial charge in [-0.1, -0.05) is 12.1 Å². The number of carbonyl (C=O) groups is 1. The molecule has 6 rings (SSSR count). The number of aromatic nitrogens is 5. The molecule has 170 valence electrons. The Morgan fingerprint density at radius 3 is 2.76 bits per heavy atom. The van der Waals surface area contributed by atoms with Gasteiger partial charge < -0.3 is 9.88 Å². The Kier molecular flexibility index (Phi) is 5.19. The van der Waals surface area contributed by atoms with E-state index < -0.39 is 0 Å². The van der Waals surface area contributed by atoms with E-state index in [1.807, 2.05) is 41.6 Å². The predicted molar refractivity (Wildman–Crippen MR) is 133 cm³/mol. The number of nitrogens with one attached hydrogen (secondary N) is 1. The second kappa shape index (κ2) is 8.50. The molecule has 0 unspecified atom stereocenters. The second-order valence-corrected chi connectivity index (χ2v) is 9.22. The van der Waals surface area contributed by atoms with E-state index >= 15 is 0 Å². The van der Waals surface area contributed by atoms with E-state index in [-0.39, 0.29) is 12.2 Å². The fourth-order valence-electron chi connectivity index (χ4n) is 4.76. The predicted octanol–water partition coefficient (Wildman–Crippen LogP) is 4.67. The van der Waals surface area contributed by atoms with Crippen LogP contribution in [-0.4, -0.2) is 55.6 Å². The standard InChI is InChI=1S/C27H26N6O/c1-32-8-5-24(6-9-32)33-17-22(16-31-33)27(34)13-23-11-20-10-18(2-3-19(20)14-29-23)21-12-26-25(30-15-21)4-7-28-26/h2-4,7,10-12,14-17,24,28H,5-6,8-9,13H2,1H3. The summed E-state index contributed by atoms with van der Waals surface area (Å²) in [4.78, 5) is 27.6. The number of nitrogens with zero attached hydrogens (tertiary/aromatic N) is 5. The minimum absolute atomic E-state index is 0.0450. The molecule has 1 saturated heterocycles. The molecule has 0 bridgehead atoms. The van der Waals surface area contributed by atoms with E-state index in [4.69, 9.17) is 0 Å². The van der Waals surface area contributed by atoms with E-state index in [0.29, 0.717) is 11.6 Å². The van der Waals surface area contributed by atoms with Crippen molar-refractivity contribution in [1.82, 2.24) is 29.6 Å². The number of Topliss-reactive ketones (excluding diaryl/α,β-unsaturated/α-hetero) is 1. The molecule has 1 aromatic carbocycles. The third kappa shape index (κ3) is 3.99. The number of hydrogen-bond donors (Lipinski definition) is 1. The molecule has 0 saturated carbocycles. The van der Waals surface area contributed by atoms with Crippen LogP contribution in [0.4, 0.5) is 0 Å². The molecule has 1 fully saturated rings. The first-order chi connectivity index (χ1) is 16.6. The van der Waals surface area contributed by atoms with Crippen LogP contribution in [0.5, 0.6) is 0 Å². The molecule has 0 spiro atoms. The summed E-state index contributed by atoms with van der Waals surface area (Å²) in [5.41, 5.74) is 5.51. The summed E-state index contributed by atoms with van der Waals surface area (Å²) in [5.74, 6) is 0.0450. The smallest absolute Gasteiger partial charge is 0.171 e. The largest absolute Gasteiger partial charge is 0.360 e. The van der Waals surface area contributed by atoms with E-state index in [1.165, 1.54) is 0 Å². The lowest BCUT2D eigenvalue weighted by molar-refractivity contribution is 0.0991. The van der Waals surface area contributed by atoms with Gasteiger partial charge in [-0.2, -0.15) is 5.10 Å². The van der Waals surface area contributed by atoms with Crippen molar-refractivity contribution in [3.8, 4) is 11.1 Å². The number of carbonyl (C=O) groups excluding carboxylic acids is 1. The lowest BCUT2D eigenvalue weighted by Gasteiger charge is -2.28. The van der Waals surface area contributed by atoms with Gasteiger partial charge in [-0.15, -0.1) is 0 Å². The minimum Gasteiger partial charge on any atom is -0.360 e. The van der Waals surface area contributed by atoms with Crippen LogP contribution in [-0.2, 0) is 6.42 Å². The van der Waals surface area contributed by atoms with Gasteiger partial charge in [0, 0.05) is 41.4 Å². The molecule has 34 heavy (non-hydrogen) atoms. The van der Waals surface area contributed by atoms with Crippen molar-refractivity contribution in [3.63, 3.8) is 0 Å². The fourth-order valence-corrected chi connectivity index (χ4v) is 4.76. The number of aromatic amines is 1. The summed E-state index contributed by atoms with van der Waals surface area (Å²) in [7, 11) is 2.14. The summed E-state index contributed by atoms with van der Waals surface area (Å²) >= 11 is 0. The molecular formula is C27H26N6O. The molecule has 5 heterocycles. The van der Waals surface area contributed by atoms with Crippen LogP contribution < -0.4 is 0 Å². The lowest BCUT2D eigenvalue weighted by atomic mass is 10.0. The van der Waals surface area contributed by atoms with Crippen molar-refractivity contribution in [2.75, 3.05) is 20.1 Å². The number of benzene rings is 1. The van der Waals surface area contributed by atoms with Crippen LogP contribution in [0.25, 0.3) is 32.9 Å². The maximum absolute atomic E-state index is 13.0. The van der Waals surface area contributed by atoms with Crippen LogP contribution in [0, 0.1) is 0 Å². The second-order valence-electron chi connectivity index (χ2n) is 9.22. The maximum atomic E-state index is 13.0. The van der Waals surface area contributed by atoms with Crippen molar-refractivity contribution in [2.24, 2.45) is 0 Å². The van der Waals surface area contributed by atoms with Gasteiger partial charge in [-0.05, 0) is 68.2 Å². The molecule has 0 aliphatic carbocycles. The van der Waals surface area contributed by atoms with Crippen molar-refractivity contribution in [2.45, 2.75) is 25.3 Å². The number of hydrogen-bond acceptors (Lipinski definition) is 5. The summed E-state index contributed by atoms with van der Waals surface area (Å²) < 4.78 is 1.97. The highest BCUT2D eigenvalue weighted by Gasteiger charge is 2.20. The average molecular weight is 451 g/mol. The molecule has 1 aliphatic heterocycles. The Labute approximate surface area is 197 Å². The van der Waals surface area contributed by atoms with Gasteiger partial charge in [0.2, 0.25) is 0 Å². The Bertz CT molecular complexity index is 1490. The van der Waals surface area contributed by atoms with Crippen molar-refractivity contribution in [1.29, 1.82) is 0 Å². The number of piperidine rings is 1. The molecule has 0 amide bonds.